The maximum atomic E-state index is 12.1. The molecule has 6 nitrogen and oxygen atoms in total. The first-order chi connectivity index (χ1) is 9.29. The molecule has 20 heavy (non-hydrogen) atoms. The molecule has 1 aromatic rings. The van der Waals surface area contributed by atoms with E-state index in [1.807, 2.05) is 0 Å². The third-order valence-electron chi connectivity index (χ3n) is 4.14. The lowest BCUT2D eigenvalue weighted by atomic mass is 9.67. The number of hydrogen-bond donors (Lipinski definition) is 2. The summed E-state index contributed by atoms with van der Waals surface area (Å²) in [5, 5.41) is 9.02. The summed E-state index contributed by atoms with van der Waals surface area (Å²) in [7, 11) is 1.34. The van der Waals surface area contributed by atoms with Crippen molar-refractivity contribution in [2.75, 3.05) is 6.54 Å². The molecule has 1 aromatic heterocycles. The van der Waals surface area contributed by atoms with E-state index in [1.54, 1.807) is 0 Å². The van der Waals surface area contributed by atoms with Crippen LogP contribution in [0.1, 0.15) is 48.8 Å². The average molecular weight is 320 g/mol. The van der Waals surface area contributed by atoms with Gasteiger partial charge in [0.1, 0.15) is 4.90 Å². The number of aromatic nitrogens is 2. The molecule has 0 aromatic carbocycles. The molecule has 1 aliphatic rings. The van der Waals surface area contributed by atoms with Crippen LogP contribution < -0.4 is 5.32 Å². The second kappa shape index (κ2) is 5.37. The second-order valence-corrected chi connectivity index (χ2v) is 7.86. The number of carbonyl (C=O) groups is 1. The van der Waals surface area contributed by atoms with Crippen LogP contribution in [0.2, 0.25) is 0 Å². The van der Waals surface area contributed by atoms with E-state index < -0.39 is 15.0 Å². The molecule has 2 rings (SSSR count). The molecule has 112 valence electrons. The van der Waals surface area contributed by atoms with Gasteiger partial charge in [-0.05, 0) is 31.6 Å². The fourth-order valence-electron chi connectivity index (χ4n) is 2.55. The largest absolute Gasteiger partial charge is 0.350 e. The molecule has 2 N–H and O–H groups in total. The molecular weight excluding hydrogens is 302 g/mol. The fraction of sp³-hybridized carbons (Fsp3) is 0.667. The second-order valence-electron chi connectivity index (χ2n) is 5.35. The molecule has 0 saturated heterocycles. The minimum atomic E-state index is -4.00. The maximum Gasteiger partial charge on any atom is 0.273 e. The minimum absolute atomic E-state index is 0.154. The van der Waals surface area contributed by atoms with Crippen LogP contribution in [-0.2, 0) is 9.05 Å². The van der Waals surface area contributed by atoms with E-state index in [4.69, 9.17) is 10.7 Å². The van der Waals surface area contributed by atoms with E-state index in [2.05, 4.69) is 22.4 Å². The van der Waals surface area contributed by atoms with Crippen LogP contribution in [0.5, 0.6) is 0 Å². The predicted octanol–water partition coefficient (Wildman–Crippen LogP) is 1.96. The van der Waals surface area contributed by atoms with Crippen molar-refractivity contribution in [2.24, 2.45) is 5.41 Å². The number of aryl methyl sites for hydroxylation is 1. The lowest BCUT2D eigenvalue weighted by molar-refractivity contribution is 0.0842. The van der Waals surface area contributed by atoms with Gasteiger partial charge in [-0.15, -0.1) is 0 Å². The number of nitrogens with zero attached hydrogens (tertiary/aromatic N) is 1. The Labute approximate surface area is 122 Å². The quantitative estimate of drug-likeness (QED) is 0.811. The Bertz CT molecular complexity index is 614. The van der Waals surface area contributed by atoms with Crippen LogP contribution >= 0.6 is 10.7 Å². The Morgan fingerprint density at radius 3 is 2.60 bits per heavy atom. The van der Waals surface area contributed by atoms with Crippen molar-refractivity contribution in [3.63, 3.8) is 0 Å². The van der Waals surface area contributed by atoms with E-state index in [9.17, 15) is 13.2 Å². The summed E-state index contributed by atoms with van der Waals surface area (Å²) in [6, 6.07) is 0. The van der Waals surface area contributed by atoms with Crippen molar-refractivity contribution in [2.45, 2.75) is 44.4 Å². The Hall–Kier alpha value is -1.08. The first-order valence-corrected chi connectivity index (χ1v) is 8.88. The van der Waals surface area contributed by atoms with Gasteiger partial charge in [-0.2, -0.15) is 5.10 Å². The lowest BCUT2D eigenvalue weighted by Gasteiger charge is -2.41. The van der Waals surface area contributed by atoms with Gasteiger partial charge in [0.15, 0.2) is 5.69 Å². The zero-order valence-corrected chi connectivity index (χ0v) is 13.1. The van der Waals surface area contributed by atoms with E-state index in [0.717, 1.165) is 19.3 Å². The van der Waals surface area contributed by atoms with Crippen molar-refractivity contribution in [1.82, 2.24) is 15.5 Å². The number of hydrogen-bond acceptors (Lipinski definition) is 4. The summed E-state index contributed by atoms with van der Waals surface area (Å²) in [6.45, 7) is 4.15. The summed E-state index contributed by atoms with van der Waals surface area (Å²) in [5.74, 6) is -0.506. The van der Waals surface area contributed by atoms with E-state index in [0.29, 0.717) is 6.54 Å². The van der Waals surface area contributed by atoms with Crippen LogP contribution in [0.25, 0.3) is 0 Å². The van der Waals surface area contributed by atoms with E-state index in [-0.39, 0.29) is 21.7 Å². The van der Waals surface area contributed by atoms with Gasteiger partial charge in [-0.1, -0.05) is 13.3 Å². The molecule has 8 heteroatoms. The monoisotopic (exact) mass is 319 g/mol. The Balaban J connectivity index is 2.14. The smallest absolute Gasteiger partial charge is 0.273 e. The Kier molecular flexibility index (Phi) is 4.11. The highest BCUT2D eigenvalue weighted by Gasteiger charge is 2.36. The molecule has 0 aliphatic heterocycles. The van der Waals surface area contributed by atoms with Crippen LogP contribution in [-0.4, -0.2) is 31.1 Å². The summed E-state index contributed by atoms with van der Waals surface area (Å²) < 4.78 is 23.0. The number of halogens is 1. The zero-order chi connectivity index (χ0) is 15.0. The number of H-pyrrole nitrogens is 1. The number of aromatic amines is 1. The van der Waals surface area contributed by atoms with Crippen LogP contribution in [0.4, 0.5) is 0 Å². The minimum Gasteiger partial charge on any atom is -0.350 e. The van der Waals surface area contributed by atoms with Crippen LogP contribution in [0, 0.1) is 12.3 Å². The lowest BCUT2D eigenvalue weighted by Crippen LogP contribution is -2.42. The van der Waals surface area contributed by atoms with Gasteiger partial charge >= 0.3 is 0 Å². The molecular formula is C12H18ClN3O3S. The topological polar surface area (TPSA) is 91.9 Å². The van der Waals surface area contributed by atoms with Gasteiger partial charge in [0.05, 0.1) is 5.69 Å². The molecule has 1 heterocycles. The SMILES string of the molecule is CCC1(CNC(=O)c2n[nH]c(C)c2S(=O)(=O)Cl)CCC1. The third kappa shape index (κ3) is 2.83. The molecule has 1 saturated carbocycles. The third-order valence-corrected chi connectivity index (χ3v) is 5.59. The number of rotatable bonds is 5. The number of nitrogens with one attached hydrogen (secondary N) is 2. The number of carbonyl (C=O) groups excluding carboxylic acids is 1. The summed E-state index contributed by atoms with van der Waals surface area (Å²) in [6.07, 6.45) is 4.34. The van der Waals surface area contributed by atoms with Crippen LogP contribution in [0.3, 0.4) is 0 Å². The van der Waals surface area contributed by atoms with Gasteiger partial charge < -0.3 is 5.32 Å². The van der Waals surface area contributed by atoms with Crippen molar-refractivity contribution in [1.29, 1.82) is 0 Å². The fourth-order valence-corrected chi connectivity index (χ4v) is 3.90. The van der Waals surface area contributed by atoms with Gasteiger partial charge in [-0.3, -0.25) is 9.89 Å². The molecule has 0 bridgehead atoms. The van der Waals surface area contributed by atoms with Crippen molar-refractivity contribution >= 4 is 25.6 Å². The first-order valence-electron chi connectivity index (χ1n) is 6.57. The molecule has 1 aliphatic carbocycles. The zero-order valence-electron chi connectivity index (χ0n) is 11.5. The molecule has 0 spiro atoms. The van der Waals surface area contributed by atoms with E-state index >= 15 is 0 Å². The normalized spacial score (nSPS) is 17.6. The van der Waals surface area contributed by atoms with Crippen LogP contribution in [0.15, 0.2) is 4.90 Å². The molecule has 0 atom stereocenters. The van der Waals surface area contributed by atoms with Crippen molar-refractivity contribution in [3.05, 3.63) is 11.4 Å². The van der Waals surface area contributed by atoms with Gasteiger partial charge in [0, 0.05) is 17.2 Å². The Morgan fingerprint density at radius 1 is 1.50 bits per heavy atom. The highest BCUT2D eigenvalue weighted by atomic mass is 35.7. The molecule has 1 fully saturated rings. The van der Waals surface area contributed by atoms with E-state index in [1.165, 1.54) is 13.3 Å². The van der Waals surface area contributed by atoms with Crippen molar-refractivity contribution in [3.8, 4) is 0 Å². The predicted molar refractivity (Wildman–Crippen MR) is 75.3 cm³/mol. The standard InChI is InChI=1S/C12H18ClN3O3S/c1-3-12(5-4-6-12)7-14-11(17)9-10(20(13,18)19)8(2)15-16-9/h3-7H2,1-2H3,(H,14,17)(H,15,16). The van der Waals surface area contributed by atoms with Crippen molar-refractivity contribution < 1.29 is 13.2 Å². The van der Waals surface area contributed by atoms with Gasteiger partial charge in [0.2, 0.25) is 0 Å². The number of amides is 1. The highest BCUT2D eigenvalue weighted by Crippen LogP contribution is 2.43. The maximum absolute atomic E-state index is 12.1. The highest BCUT2D eigenvalue weighted by molar-refractivity contribution is 8.13. The summed E-state index contributed by atoms with van der Waals surface area (Å²) in [5.41, 5.74) is 0.253. The Morgan fingerprint density at radius 2 is 2.15 bits per heavy atom. The first kappa shape index (κ1) is 15.3. The molecule has 0 unspecified atom stereocenters. The van der Waals surface area contributed by atoms with Gasteiger partial charge in [-0.25, -0.2) is 8.42 Å². The summed E-state index contributed by atoms with van der Waals surface area (Å²) in [4.78, 5) is 11.9. The van der Waals surface area contributed by atoms with Gasteiger partial charge in [0.25, 0.3) is 15.0 Å². The summed E-state index contributed by atoms with van der Waals surface area (Å²) >= 11 is 0. The molecule has 0 radical (unpaired) electrons. The molecule has 1 amide bonds. The average Bonchev–Trinajstić information content (AvgIpc) is 2.70.